The first kappa shape index (κ1) is 9.94. The predicted octanol–water partition coefficient (Wildman–Crippen LogP) is 1.96. The molecule has 1 aromatic heterocycles. The number of aryl methyl sites for hydroxylation is 1. The first-order valence-electron chi connectivity index (χ1n) is 4.07. The Morgan fingerprint density at radius 1 is 1.77 bits per heavy atom. The van der Waals surface area contributed by atoms with Crippen LogP contribution in [0.1, 0.15) is 13.3 Å². The first-order valence-corrected chi connectivity index (χ1v) is 4.45. The van der Waals surface area contributed by atoms with Crippen molar-refractivity contribution in [2.45, 2.75) is 19.9 Å². The van der Waals surface area contributed by atoms with Crippen molar-refractivity contribution in [1.82, 2.24) is 9.78 Å². The van der Waals surface area contributed by atoms with Gasteiger partial charge in [-0.1, -0.05) is 24.4 Å². The number of hydrogen-bond donors (Lipinski definition) is 0. The summed E-state index contributed by atoms with van der Waals surface area (Å²) in [5.74, 6) is 2.94. The molecule has 0 unspecified atom stereocenters. The highest BCUT2D eigenvalue weighted by atomic mass is 35.5. The predicted molar refractivity (Wildman–Crippen MR) is 51.9 cm³/mol. The smallest absolute Gasteiger partial charge is 0.232 e. The van der Waals surface area contributed by atoms with E-state index in [9.17, 15) is 0 Å². The molecule has 0 atom stereocenters. The Hall–Kier alpha value is -1.14. The van der Waals surface area contributed by atoms with Crippen molar-refractivity contribution >= 4 is 11.6 Å². The third kappa shape index (κ3) is 2.40. The summed E-state index contributed by atoms with van der Waals surface area (Å²) in [6, 6.07) is 0. The summed E-state index contributed by atoms with van der Waals surface area (Å²) in [6.07, 6.45) is 7.61. The average molecular weight is 199 g/mol. The molecule has 4 heteroatoms. The topological polar surface area (TPSA) is 27.1 Å². The average Bonchev–Trinajstić information content (AvgIpc) is 2.45. The third-order valence-corrected chi connectivity index (χ3v) is 1.74. The Morgan fingerprint density at radius 2 is 2.54 bits per heavy atom. The van der Waals surface area contributed by atoms with Crippen LogP contribution in [0.4, 0.5) is 0 Å². The number of terminal acetylenes is 1. The molecular weight excluding hydrogens is 188 g/mol. The van der Waals surface area contributed by atoms with E-state index in [4.69, 9.17) is 22.8 Å². The second-order valence-corrected chi connectivity index (χ2v) is 2.92. The van der Waals surface area contributed by atoms with Crippen molar-refractivity contribution in [2.24, 2.45) is 0 Å². The van der Waals surface area contributed by atoms with Crippen LogP contribution in [-0.4, -0.2) is 16.4 Å². The number of ether oxygens (including phenoxy) is 1. The lowest BCUT2D eigenvalue weighted by atomic mass is 10.5. The molecule has 0 radical (unpaired) electrons. The lowest BCUT2D eigenvalue weighted by Crippen LogP contribution is -2.04. The van der Waals surface area contributed by atoms with E-state index in [0.29, 0.717) is 10.9 Å². The van der Waals surface area contributed by atoms with Crippen LogP contribution in [0, 0.1) is 12.3 Å². The molecule has 0 saturated heterocycles. The van der Waals surface area contributed by atoms with E-state index >= 15 is 0 Å². The van der Waals surface area contributed by atoms with E-state index in [2.05, 4.69) is 17.9 Å². The molecule has 0 aliphatic rings. The van der Waals surface area contributed by atoms with Crippen LogP contribution >= 0.6 is 11.6 Å². The summed E-state index contributed by atoms with van der Waals surface area (Å²) in [5.41, 5.74) is 0. The van der Waals surface area contributed by atoms with Crippen molar-refractivity contribution in [2.75, 3.05) is 6.61 Å². The molecule has 13 heavy (non-hydrogen) atoms. The van der Waals surface area contributed by atoms with Gasteiger partial charge in [0, 0.05) is 6.54 Å². The molecule has 3 nitrogen and oxygen atoms in total. The van der Waals surface area contributed by atoms with Crippen LogP contribution in [0.5, 0.6) is 5.88 Å². The molecule has 0 N–H and O–H groups in total. The van der Waals surface area contributed by atoms with E-state index in [-0.39, 0.29) is 6.61 Å². The third-order valence-electron chi connectivity index (χ3n) is 1.48. The fourth-order valence-corrected chi connectivity index (χ4v) is 1.17. The molecule has 0 amide bonds. The zero-order valence-electron chi connectivity index (χ0n) is 7.46. The zero-order valence-corrected chi connectivity index (χ0v) is 8.21. The minimum Gasteiger partial charge on any atom is -0.464 e. The van der Waals surface area contributed by atoms with E-state index in [1.165, 1.54) is 0 Å². The maximum Gasteiger partial charge on any atom is 0.232 e. The van der Waals surface area contributed by atoms with Crippen molar-refractivity contribution in [3.63, 3.8) is 0 Å². The van der Waals surface area contributed by atoms with E-state index in [1.807, 2.05) is 0 Å². The summed E-state index contributed by atoms with van der Waals surface area (Å²) >= 11 is 5.84. The van der Waals surface area contributed by atoms with Gasteiger partial charge < -0.3 is 4.74 Å². The standard InChI is InChI=1S/C9H11ClN2O/c1-3-5-12-9(13-6-4-2)8(10)7-11-12/h2,7H,3,5-6H2,1H3. The van der Waals surface area contributed by atoms with Crippen LogP contribution in [0.3, 0.4) is 0 Å². The molecule has 70 valence electrons. The maximum absolute atomic E-state index is 5.84. The number of halogens is 1. The normalized spacial score (nSPS) is 9.62. The molecule has 0 aromatic carbocycles. The van der Waals surface area contributed by atoms with Crippen molar-refractivity contribution in [1.29, 1.82) is 0 Å². The fraction of sp³-hybridized carbons (Fsp3) is 0.444. The van der Waals surface area contributed by atoms with Crippen LogP contribution < -0.4 is 4.74 Å². The molecule has 0 aliphatic carbocycles. The maximum atomic E-state index is 5.84. The van der Waals surface area contributed by atoms with Gasteiger partial charge in [0.1, 0.15) is 5.02 Å². The number of rotatable bonds is 4. The van der Waals surface area contributed by atoms with Gasteiger partial charge in [0.25, 0.3) is 0 Å². The van der Waals surface area contributed by atoms with Crippen molar-refractivity contribution in [3.05, 3.63) is 11.2 Å². The summed E-state index contributed by atoms with van der Waals surface area (Å²) < 4.78 is 6.95. The van der Waals surface area contributed by atoms with E-state index in [1.54, 1.807) is 10.9 Å². The second-order valence-electron chi connectivity index (χ2n) is 2.51. The largest absolute Gasteiger partial charge is 0.464 e. The molecule has 0 spiro atoms. The quantitative estimate of drug-likeness (QED) is 0.692. The lowest BCUT2D eigenvalue weighted by Gasteiger charge is -2.05. The van der Waals surface area contributed by atoms with Crippen LogP contribution in [0.2, 0.25) is 5.02 Å². The van der Waals surface area contributed by atoms with Gasteiger partial charge in [0.2, 0.25) is 5.88 Å². The SMILES string of the molecule is C#CCOc1c(Cl)cnn1CCC. The summed E-state index contributed by atoms with van der Waals surface area (Å²) in [4.78, 5) is 0. The van der Waals surface area contributed by atoms with Gasteiger partial charge in [-0.15, -0.1) is 6.42 Å². The highest BCUT2D eigenvalue weighted by molar-refractivity contribution is 6.31. The monoisotopic (exact) mass is 198 g/mol. The highest BCUT2D eigenvalue weighted by Gasteiger charge is 2.08. The van der Waals surface area contributed by atoms with Gasteiger partial charge in [0.05, 0.1) is 6.20 Å². The van der Waals surface area contributed by atoms with Crippen LogP contribution in [0.15, 0.2) is 6.20 Å². The van der Waals surface area contributed by atoms with Gasteiger partial charge in [-0.2, -0.15) is 5.10 Å². The Kier molecular flexibility index (Phi) is 3.66. The second kappa shape index (κ2) is 4.78. The summed E-state index contributed by atoms with van der Waals surface area (Å²) in [7, 11) is 0. The zero-order chi connectivity index (χ0) is 9.68. The Balaban J connectivity index is 2.76. The summed E-state index contributed by atoms with van der Waals surface area (Å²) in [6.45, 7) is 3.06. The van der Waals surface area contributed by atoms with Crippen LogP contribution in [-0.2, 0) is 6.54 Å². The number of aromatic nitrogens is 2. The van der Waals surface area contributed by atoms with Crippen molar-refractivity contribution in [3.8, 4) is 18.2 Å². The van der Waals surface area contributed by atoms with Gasteiger partial charge >= 0.3 is 0 Å². The Labute approximate surface area is 82.6 Å². The van der Waals surface area contributed by atoms with E-state index < -0.39 is 0 Å². The minimum absolute atomic E-state index is 0.217. The Morgan fingerprint density at radius 3 is 3.15 bits per heavy atom. The molecule has 0 saturated carbocycles. The Bertz CT molecular complexity index is 314. The molecular formula is C9H11ClN2O. The lowest BCUT2D eigenvalue weighted by molar-refractivity contribution is 0.325. The molecule has 0 fully saturated rings. The van der Waals surface area contributed by atoms with Gasteiger partial charge in [-0.3, -0.25) is 0 Å². The highest BCUT2D eigenvalue weighted by Crippen LogP contribution is 2.23. The van der Waals surface area contributed by atoms with Crippen LogP contribution in [0.25, 0.3) is 0 Å². The molecule has 0 bridgehead atoms. The van der Waals surface area contributed by atoms with Gasteiger partial charge in [0.15, 0.2) is 6.61 Å². The molecule has 1 aromatic rings. The van der Waals surface area contributed by atoms with Crippen molar-refractivity contribution < 1.29 is 4.74 Å². The number of hydrogen-bond acceptors (Lipinski definition) is 2. The molecule has 1 heterocycles. The van der Waals surface area contributed by atoms with E-state index in [0.717, 1.165) is 13.0 Å². The van der Waals surface area contributed by atoms with Gasteiger partial charge in [-0.25, -0.2) is 4.68 Å². The minimum atomic E-state index is 0.217. The first-order chi connectivity index (χ1) is 6.29. The molecule has 1 rings (SSSR count). The number of nitrogens with zero attached hydrogens (tertiary/aromatic N) is 2. The molecule has 0 aliphatic heterocycles. The summed E-state index contributed by atoms with van der Waals surface area (Å²) in [5, 5.41) is 4.55. The van der Waals surface area contributed by atoms with Gasteiger partial charge in [-0.05, 0) is 6.42 Å². The fourth-order valence-electron chi connectivity index (χ4n) is 0.976.